The summed E-state index contributed by atoms with van der Waals surface area (Å²) in [5, 5.41) is 8.08. The van der Waals surface area contributed by atoms with E-state index < -0.39 is 0 Å². The van der Waals surface area contributed by atoms with E-state index >= 15 is 0 Å². The van der Waals surface area contributed by atoms with Gasteiger partial charge in [-0.05, 0) is 45.5 Å². The lowest BCUT2D eigenvalue weighted by Gasteiger charge is -2.13. The molecule has 1 aromatic heterocycles. The van der Waals surface area contributed by atoms with Crippen LogP contribution in [-0.2, 0) is 9.59 Å². The van der Waals surface area contributed by atoms with Gasteiger partial charge < -0.3 is 10.6 Å². The number of rotatable bonds is 9. The Morgan fingerprint density at radius 1 is 1.35 bits per heavy atom. The lowest BCUT2D eigenvalue weighted by atomic mass is 10.2. The number of carbonyl (C=O) groups is 2. The molecule has 0 aliphatic carbocycles. The Bertz CT molecular complexity index is 704. The maximum Gasteiger partial charge on any atom is 0.240 e. The maximum absolute atomic E-state index is 12.0. The summed E-state index contributed by atoms with van der Waals surface area (Å²) in [5.74, 6) is -0.163. The van der Waals surface area contributed by atoms with Gasteiger partial charge in [-0.1, -0.05) is 25.2 Å². The second kappa shape index (κ2) is 11.4. The van der Waals surface area contributed by atoms with Crippen molar-refractivity contribution in [3.8, 4) is 0 Å². The van der Waals surface area contributed by atoms with Gasteiger partial charge in [-0.2, -0.15) is 0 Å². The van der Waals surface area contributed by atoms with E-state index in [-0.39, 0.29) is 11.8 Å². The number of aromatic nitrogens is 1. The van der Waals surface area contributed by atoms with E-state index in [0.29, 0.717) is 11.7 Å². The third-order valence-electron chi connectivity index (χ3n) is 3.43. The molecule has 0 aromatic carbocycles. The smallest absolute Gasteiger partial charge is 0.240 e. The fraction of sp³-hybridized carbons (Fsp3) is 0.421. The second-order valence-electron chi connectivity index (χ2n) is 5.96. The van der Waals surface area contributed by atoms with Gasteiger partial charge in [-0.15, -0.1) is 11.3 Å². The van der Waals surface area contributed by atoms with Crippen molar-refractivity contribution in [1.29, 1.82) is 0 Å². The van der Waals surface area contributed by atoms with Gasteiger partial charge in [-0.25, -0.2) is 4.98 Å². The molecule has 1 aromatic rings. The zero-order valence-electron chi connectivity index (χ0n) is 16.1. The molecule has 0 radical (unpaired) electrons. The Labute approximate surface area is 159 Å². The minimum atomic E-state index is -0.104. The molecule has 0 aliphatic heterocycles. The van der Waals surface area contributed by atoms with E-state index in [2.05, 4.69) is 22.5 Å². The Morgan fingerprint density at radius 2 is 2.08 bits per heavy atom. The number of nitrogens with one attached hydrogen (secondary N) is 2. The highest BCUT2D eigenvalue weighted by atomic mass is 32.1. The first-order chi connectivity index (χ1) is 12.3. The van der Waals surface area contributed by atoms with Gasteiger partial charge >= 0.3 is 0 Å². The van der Waals surface area contributed by atoms with Crippen LogP contribution < -0.4 is 10.6 Å². The van der Waals surface area contributed by atoms with Crippen molar-refractivity contribution >= 4 is 33.9 Å². The molecule has 26 heavy (non-hydrogen) atoms. The third-order valence-corrected chi connectivity index (χ3v) is 4.18. The second-order valence-corrected chi connectivity index (χ2v) is 6.82. The average molecular weight is 377 g/mol. The minimum Gasteiger partial charge on any atom is -0.327 e. The van der Waals surface area contributed by atoms with Crippen LogP contribution in [0.15, 0.2) is 35.4 Å². The van der Waals surface area contributed by atoms with Crippen LogP contribution >= 0.6 is 11.3 Å². The molecule has 0 atom stereocenters. The summed E-state index contributed by atoms with van der Waals surface area (Å²) in [7, 11) is 1.93. The van der Waals surface area contributed by atoms with Crippen molar-refractivity contribution in [3.05, 3.63) is 41.1 Å². The summed E-state index contributed by atoms with van der Waals surface area (Å²) >= 11 is 1.40. The lowest BCUT2D eigenvalue weighted by molar-refractivity contribution is -0.118. The van der Waals surface area contributed by atoms with E-state index in [9.17, 15) is 9.59 Å². The van der Waals surface area contributed by atoms with Gasteiger partial charge in [-0.3, -0.25) is 14.5 Å². The number of likely N-dealkylation sites (N-methyl/N-ethyl adjacent to an activating group) is 1. The summed E-state index contributed by atoms with van der Waals surface area (Å²) in [6.07, 6.45) is 8.44. The SMILES string of the molecule is C\C=C(/C=C\C=C(/C)c1csc(NC(=O)CN(C)CCC)n1)NC(C)=O. The topological polar surface area (TPSA) is 74.3 Å². The minimum absolute atomic E-state index is 0.0589. The molecule has 2 amide bonds. The molecule has 7 heteroatoms. The molecule has 0 saturated carbocycles. The van der Waals surface area contributed by atoms with Gasteiger partial charge in [0.05, 0.1) is 12.2 Å². The number of anilines is 1. The summed E-state index contributed by atoms with van der Waals surface area (Å²) in [6.45, 7) is 8.62. The molecule has 0 saturated heterocycles. The maximum atomic E-state index is 12.0. The lowest BCUT2D eigenvalue weighted by Crippen LogP contribution is -2.30. The molecular weight excluding hydrogens is 348 g/mol. The number of hydrogen-bond acceptors (Lipinski definition) is 5. The fourth-order valence-electron chi connectivity index (χ4n) is 2.17. The highest BCUT2D eigenvalue weighted by Crippen LogP contribution is 2.21. The molecule has 0 bridgehead atoms. The Kier molecular flexibility index (Phi) is 9.54. The van der Waals surface area contributed by atoms with Gasteiger partial charge in [0.1, 0.15) is 0 Å². The van der Waals surface area contributed by atoms with Crippen LogP contribution in [-0.4, -0.2) is 41.8 Å². The van der Waals surface area contributed by atoms with Crippen molar-refractivity contribution in [3.63, 3.8) is 0 Å². The predicted octanol–water partition coefficient (Wildman–Crippen LogP) is 3.42. The quantitative estimate of drug-likeness (QED) is 0.648. The van der Waals surface area contributed by atoms with E-state index in [1.807, 2.05) is 55.5 Å². The summed E-state index contributed by atoms with van der Waals surface area (Å²) in [5.41, 5.74) is 2.53. The van der Waals surface area contributed by atoms with Crippen LogP contribution in [0.3, 0.4) is 0 Å². The van der Waals surface area contributed by atoms with Gasteiger partial charge in [0.15, 0.2) is 5.13 Å². The number of carbonyl (C=O) groups excluding carboxylic acids is 2. The van der Waals surface area contributed by atoms with E-state index in [0.717, 1.165) is 29.9 Å². The van der Waals surface area contributed by atoms with Gasteiger partial charge in [0.25, 0.3) is 0 Å². The molecule has 1 rings (SSSR count). The predicted molar refractivity (Wildman–Crippen MR) is 109 cm³/mol. The number of thiazole rings is 1. The summed E-state index contributed by atoms with van der Waals surface area (Å²) in [6, 6.07) is 0. The largest absolute Gasteiger partial charge is 0.327 e. The molecule has 0 unspecified atom stereocenters. The van der Waals surface area contributed by atoms with Crippen molar-refractivity contribution in [2.24, 2.45) is 0 Å². The van der Waals surface area contributed by atoms with Crippen LogP contribution in [0.1, 0.15) is 39.8 Å². The number of nitrogens with zero attached hydrogens (tertiary/aromatic N) is 2. The van der Waals surface area contributed by atoms with Crippen molar-refractivity contribution in [2.45, 2.75) is 34.1 Å². The van der Waals surface area contributed by atoms with Crippen LogP contribution in [0.4, 0.5) is 5.13 Å². The number of hydrogen-bond donors (Lipinski definition) is 2. The van der Waals surface area contributed by atoms with Crippen molar-refractivity contribution in [1.82, 2.24) is 15.2 Å². The first kappa shape index (κ1) is 21.8. The zero-order valence-corrected chi connectivity index (χ0v) is 16.9. The first-order valence-corrected chi connectivity index (χ1v) is 9.46. The monoisotopic (exact) mass is 376 g/mol. The Hall–Kier alpha value is -2.25. The third kappa shape index (κ3) is 8.22. The molecule has 2 N–H and O–H groups in total. The first-order valence-electron chi connectivity index (χ1n) is 8.58. The fourth-order valence-corrected chi connectivity index (χ4v) is 2.96. The molecule has 0 fully saturated rings. The van der Waals surface area contributed by atoms with E-state index in [1.165, 1.54) is 18.3 Å². The van der Waals surface area contributed by atoms with Crippen LogP contribution in [0.25, 0.3) is 5.57 Å². The number of amides is 2. The molecular formula is C19H28N4O2S. The zero-order chi connectivity index (χ0) is 19.5. The highest BCUT2D eigenvalue weighted by Gasteiger charge is 2.09. The van der Waals surface area contributed by atoms with Crippen molar-refractivity contribution in [2.75, 3.05) is 25.5 Å². The number of allylic oxidation sites excluding steroid dienone is 5. The summed E-state index contributed by atoms with van der Waals surface area (Å²) < 4.78 is 0. The van der Waals surface area contributed by atoms with Crippen LogP contribution in [0.5, 0.6) is 0 Å². The van der Waals surface area contributed by atoms with Crippen LogP contribution in [0, 0.1) is 0 Å². The molecule has 1 heterocycles. The van der Waals surface area contributed by atoms with Gasteiger partial charge in [0, 0.05) is 18.0 Å². The Balaban J connectivity index is 2.65. The molecule has 142 valence electrons. The van der Waals surface area contributed by atoms with E-state index in [1.54, 1.807) is 0 Å². The standard InChI is InChI=1S/C19H28N4O2S/c1-6-11-23(5)12-18(25)22-19-21-17(13-26-19)14(3)9-8-10-16(7-2)20-15(4)24/h7-10,13H,6,11-12H2,1-5H3,(H,20,24)(H,21,22,25)/b10-8-,14-9+,16-7+. The van der Waals surface area contributed by atoms with Crippen LogP contribution in [0.2, 0.25) is 0 Å². The molecule has 0 spiro atoms. The van der Waals surface area contributed by atoms with Gasteiger partial charge in [0.2, 0.25) is 11.8 Å². The Morgan fingerprint density at radius 3 is 2.69 bits per heavy atom. The highest BCUT2D eigenvalue weighted by molar-refractivity contribution is 7.14. The van der Waals surface area contributed by atoms with E-state index in [4.69, 9.17) is 0 Å². The van der Waals surface area contributed by atoms with Crippen molar-refractivity contribution < 1.29 is 9.59 Å². The normalized spacial score (nSPS) is 12.7. The molecule has 6 nitrogen and oxygen atoms in total. The average Bonchev–Trinajstić information content (AvgIpc) is 3.01. The summed E-state index contributed by atoms with van der Waals surface area (Å²) in [4.78, 5) is 29.5. The molecule has 0 aliphatic rings.